The Morgan fingerprint density at radius 1 is 1.19 bits per heavy atom. The Morgan fingerprint density at radius 3 is 2.73 bits per heavy atom. The molecule has 0 spiro atoms. The van der Waals surface area contributed by atoms with Crippen LogP contribution in [0.15, 0.2) is 24.3 Å². The average Bonchev–Trinajstić information content (AvgIpc) is 2.66. The molecule has 4 nitrogen and oxygen atoms in total. The molecule has 4 heteroatoms. The van der Waals surface area contributed by atoms with E-state index in [-0.39, 0.29) is 5.91 Å². The minimum absolute atomic E-state index is 0.199. The standard InChI is InChI=1S/C22H35N3O/c1-18-5-4-14-25(16-18)17-21-7-3-2-6-20(21)15-24-22(26)9-8-19-10-12-23-13-11-19/h2-3,6-7,18-19,23H,4-5,8-17H2,1H3,(H,24,26). The fourth-order valence-electron chi connectivity index (χ4n) is 4.34. The number of rotatable bonds is 7. The van der Waals surface area contributed by atoms with Gasteiger partial charge < -0.3 is 10.6 Å². The lowest BCUT2D eigenvalue weighted by Crippen LogP contribution is -2.34. The molecule has 144 valence electrons. The third-order valence-corrected chi connectivity index (χ3v) is 5.97. The summed E-state index contributed by atoms with van der Waals surface area (Å²) in [5.74, 6) is 1.71. The average molecular weight is 358 g/mol. The Hall–Kier alpha value is -1.39. The summed E-state index contributed by atoms with van der Waals surface area (Å²) in [7, 11) is 0. The lowest BCUT2D eigenvalue weighted by atomic mass is 9.93. The molecular formula is C22H35N3O. The highest BCUT2D eigenvalue weighted by atomic mass is 16.1. The van der Waals surface area contributed by atoms with Crippen molar-refractivity contribution in [3.8, 4) is 0 Å². The van der Waals surface area contributed by atoms with E-state index in [2.05, 4.69) is 46.7 Å². The van der Waals surface area contributed by atoms with Gasteiger partial charge in [0.05, 0.1) is 0 Å². The number of piperidine rings is 2. The van der Waals surface area contributed by atoms with Crippen molar-refractivity contribution < 1.29 is 4.79 Å². The van der Waals surface area contributed by atoms with Crippen LogP contribution < -0.4 is 10.6 Å². The van der Waals surface area contributed by atoms with Crippen LogP contribution in [0.2, 0.25) is 0 Å². The molecule has 2 aliphatic heterocycles. The molecule has 1 aromatic rings. The number of nitrogens with zero attached hydrogens (tertiary/aromatic N) is 1. The van der Waals surface area contributed by atoms with Crippen molar-refractivity contribution in [3.05, 3.63) is 35.4 Å². The maximum Gasteiger partial charge on any atom is 0.220 e. The van der Waals surface area contributed by atoms with E-state index >= 15 is 0 Å². The van der Waals surface area contributed by atoms with Crippen LogP contribution in [0.4, 0.5) is 0 Å². The molecule has 2 fully saturated rings. The molecule has 0 radical (unpaired) electrons. The lowest BCUT2D eigenvalue weighted by Gasteiger charge is -2.31. The quantitative estimate of drug-likeness (QED) is 0.787. The maximum atomic E-state index is 12.3. The molecule has 1 unspecified atom stereocenters. The Balaban J connectivity index is 1.45. The number of amides is 1. The van der Waals surface area contributed by atoms with Gasteiger partial charge in [-0.05, 0) is 74.7 Å². The molecule has 1 aromatic carbocycles. The smallest absolute Gasteiger partial charge is 0.220 e. The molecule has 2 N–H and O–H groups in total. The number of hydrogen-bond acceptors (Lipinski definition) is 3. The number of benzene rings is 1. The van der Waals surface area contributed by atoms with E-state index in [0.717, 1.165) is 37.9 Å². The summed E-state index contributed by atoms with van der Waals surface area (Å²) < 4.78 is 0. The normalized spacial score (nSPS) is 22.3. The third-order valence-electron chi connectivity index (χ3n) is 5.97. The van der Waals surface area contributed by atoms with E-state index in [4.69, 9.17) is 0 Å². The van der Waals surface area contributed by atoms with Gasteiger partial charge in [0, 0.05) is 26.1 Å². The van der Waals surface area contributed by atoms with Gasteiger partial charge in [0.15, 0.2) is 0 Å². The van der Waals surface area contributed by atoms with Crippen molar-refractivity contribution in [2.45, 2.75) is 58.5 Å². The van der Waals surface area contributed by atoms with Crippen molar-refractivity contribution in [3.63, 3.8) is 0 Å². The van der Waals surface area contributed by atoms with Crippen molar-refractivity contribution in [2.75, 3.05) is 26.2 Å². The van der Waals surface area contributed by atoms with Crippen molar-refractivity contribution in [1.82, 2.24) is 15.5 Å². The van der Waals surface area contributed by atoms with Gasteiger partial charge in [0.1, 0.15) is 0 Å². The molecule has 1 amide bonds. The highest BCUT2D eigenvalue weighted by molar-refractivity contribution is 5.75. The van der Waals surface area contributed by atoms with Crippen molar-refractivity contribution >= 4 is 5.91 Å². The molecule has 0 aromatic heterocycles. The molecule has 0 saturated carbocycles. The van der Waals surface area contributed by atoms with Crippen molar-refractivity contribution in [2.24, 2.45) is 11.8 Å². The zero-order chi connectivity index (χ0) is 18.2. The number of carbonyl (C=O) groups excluding carboxylic acids is 1. The fourth-order valence-corrected chi connectivity index (χ4v) is 4.34. The van der Waals surface area contributed by atoms with Gasteiger partial charge in [-0.3, -0.25) is 9.69 Å². The summed E-state index contributed by atoms with van der Waals surface area (Å²) >= 11 is 0. The van der Waals surface area contributed by atoms with E-state index < -0.39 is 0 Å². The van der Waals surface area contributed by atoms with Crippen LogP contribution in [0.1, 0.15) is 56.6 Å². The predicted molar refractivity (Wildman–Crippen MR) is 107 cm³/mol. The zero-order valence-corrected chi connectivity index (χ0v) is 16.3. The van der Waals surface area contributed by atoms with E-state index in [1.807, 2.05) is 0 Å². The first kappa shape index (κ1) is 19.4. The number of hydrogen-bond donors (Lipinski definition) is 2. The summed E-state index contributed by atoms with van der Waals surface area (Å²) in [6, 6.07) is 8.58. The van der Waals surface area contributed by atoms with Gasteiger partial charge in [0.25, 0.3) is 0 Å². The van der Waals surface area contributed by atoms with Gasteiger partial charge >= 0.3 is 0 Å². The molecule has 0 aliphatic carbocycles. The molecule has 1 atom stereocenters. The fraction of sp³-hybridized carbons (Fsp3) is 0.682. The van der Waals surface area contributed by atoms with Crippen LogP contribution in [-0.4, -0.2) is 37.0 Å². The monoisotopic (exact) mass is 357 g/mol. The molecule has 2 heterocycles. The Kier molecular flexibility index (Phi) is 7.51. The number of nitrogens with one attached hydrogen (secondary N) is 2. The largest absolute Gasteiger partial charge is 0.352 e. The van der Waals surface area contributed by atoms with Crippen LogP contribution in [0.5, 0.6) is 0 Å². The molecular weight excluding hydrogens is 322 g/mol. The summed E-state index contributed by atoms with van der Waals surface area (Å²) in [5.41, 5.74) is 2.63. The lowest BCUT2D eigenvalue weighted by molar-refractivity contribution is -0.121. The van der Waals surface area contributed by atoms with Crippen molar-refractivity contribution in [1.29, 1.82) is 0 Å². The van der Waals surface area contributed by atoms with Gasteiger partial charge in [-0.25, -0.2) is 0 Å². The number of likely N-dealkylation sites (tertiary alicyclic amines) is 1. The first-order valence-electron chi connectivity index (χ1n) is 10.5. The van der Waals surface area contributed by atoms with E-state index in [1.165, 1.54) is 49.9 Å². The van der Waals surface area contributed by atoms with E-state index in [9.17, 15) is 4.79 Å². The minimum Gasteiger partial charge on any atom is -0.352 e. The first-order chi connectivity index (χ1) is 12.7. The minimum atomic E-state index is 0.199. The second-order valence-electron chi connectivity index (χ2n) is 8.26. The Bertz CT molecular complexity index is 568. The van der Waals surface area contributed by atoms with Gasteiger partial charge in [-0.1, -0.05) is 31.2 Å². The van der Waals surface area contributed by atoms with Crippen LogP contribution in [0.25, 0.3) is 0 Å². The molecule has 2 saturated heterocycles. The summed E-state index contributed by atoms with van der Waals surface area (Å²) in [6.45, 7) is 8.61. The Labute approximate surface area is 158 Å². The Morgan fingerprint density at radius 2 is 1.96 bits per heavy atom. The predicted octanol–water partition coefficient (Wildman–Crippen LogP) is 3.31. The molecule has 26 heavy (non-hydrogen) atoms. The molecule has 3 rings (SSSR count). The number of carbonyl (C=O) groups is 1. The van der Waals surface area contributed by atoms with E-state index in [1.54, 1.807) is 0 Å². The second-order valence-corrected chi connectivity index (χ2v) is 8.26. The van der Waals surface area contributed by atoms with Gasteiger partial charge in [-0.2, -0.15) is 0 Å². The zero-order valence-electron chi connectivity index (χ0n) is 16.3. The summed E-state index contributed by atoms with van der Waals surface area (Å²) in [4.78, 5) is 14.8. The van der Waals surface area contributed by atoms with Crippen LogP contribution >= 0.6 is 0 Å². The van der Waals surface area contributed by atoms with E-state index in [0.29, 0.717) is 13.0 Å². The molecule has 2 aliphatic rings. The highest BCUT2D eigenvalue weighted by Crippen LogP contribution is 2.20. The highest BCUT2D eigenvalue weighted by Gasteiger charge is 2.18. The topological polar surface area (TPSA) is 44.4 Å². The molecule has 0 bridgehead atoms. The van der Waals surface area contributed by atoms with Crippen LogP contribution in [0.3, 0.4) is 0 Å². The third kappa shape index (κ3) is 6.10. The summed E-state index contributed by atoms with van der Waals surface area (Å²) in [6.07, 6.45) is 6.77. The first-order valence-corrected chi connectivity index (χ1v) is 10.5. The van der Waals surface area contributed by atoms with Gasteiger partial charge in [-0.15, -0.1) is 0 Å². The van der Waals surface area contributed by atoms with Crippen LogP contribution in [-0.2, 0) is 17.9 Å². The van der Waals surface area contributed by atoms with Gasteiger partial charge in [0.2, 0.25) is 5.91 Å². The summed E-state index contributed by atoms with van der Waals surface area (Å²) in [5, 5.41) is 6.54. The SMILES string of the molecule is CC1CCCN(Cc2ccccc2CNC(=O)CCC2CCNCC2)C1. The maximum absolute atomic E-state index is 12.3. The van der Waals surface area contributed by atoms with Crippen LogP contribution in [0, 0.1) is 11.8 Å². The second kappa shape index (κ2) is 10.1.